The van der Waals surface area contributed by atoms with Crippen LogP contribution in [0.4, 0.5) is 0 Å². The number of rotatable bonds is 3. The largest absolute Gasteiger partial charge is 0.456 e. The first-order valence-corrected chi connectivity index (χ1v) is 39.1. The molecule has 12 aromatic heterocycles. The van der Waals surface area contributed by atoms with Gasteiger partial charge in [-0.2, -0.15) is 0 Å². The molecule has 0 aliphatic rings. The zero-order chi connectivity index (χ0) is 75.3. The Balaban J connectivity index is 0.0000000933. The average molecular weight is 1480 g/mol. The molecule has 29 aromatic rings. The third-order valence-electron chi connectivity index (χ3n) is 24.5. The molecular formula is C104H55N9O3. The molecule has 0 N–H and O–H groups in total. The van der Waals surface area contributed by atoms with E-state index in [0.29, 0.717) is 0 Å². The highest BCUT2D eigenvalue weighted by Gasteiger charge is 2.30. The summed E-state index contributed by atoms with van der Waals surface area (Å²) in [4.78, 5) is 30.7. The molecule has 0 bridgehead atoms. The number of hydrogen-bond acceptors (Lipinski definition) is 9. The van der Waals surface area contributed by atoms with Gasteiger partial charge < -0.3 is 13.3 Å². The molecule has 0 atom stereocenters. The summed E-state index contributed by atoms with van der Waals surface area (Å²) in [5.41, 5.74) is 30.1. The smallest absolute Gasteiger partial charge is 0.165 e. The van der Waals surface area contributed by atoms with E-state index < -0.39 is 0 Å². The number of nitrogens with zero attached hydrogens (tertiary/aromatic N) is 9. The Labute approximate surface area is 654 Å². The van der Waals surface area contributed by atoms with Crippen LogP contribution in [0.2, 0.25) is 0 Å². The lowest BCUT2D eigenvalue weighted by Crippen LogP contribution is -1.89. The van der Waals surface area contributed by atoms with Crippen LogP contribution in [0, 0.1) is 0 Å². The number of aromatic nitrogens is 9. The SMILES string of the molecule is c1ccc(-c2ccc3c(c2)c2c4c(cc5c6nc7ccccc7nc6n3c52)oc2ccccc24)cc1.c1ccc2c(-c3ccc4c(c3)c3c5c(cc6c7nc8ccccc8nc7n4c63)oc3ccccc35)cccc2c1.c1ccc2cc(-c3ccc4c(c3)c3c5c(cc6c7nc8ccccc8nc7n4c63)oc3ccccc35)ccc2c1. The normalized spacial score (nSPS) is 12.5. The van der Waals surface area contributed by atoms with Gasteiger partial charge in [-0.05, 0) is 170 Å². The molecule has 0 unspecified atom stereocenters. The summed E-state index contributed by atoms with van der Waals surface area (Å²) >= 11 is 0. The summed E-state index contributed by atoms with van der Waals surface area (Å²) in [6.07, 6.45) is 0. The fraction of sp³-hybridized carbons (Fsp3) is 0. The quantitative estimate of drug-likeness (QED) is 0.170. The number of para-hydroxylation sites is 9. The minimum absolute atomic E-state index is 0.876. The average Bonchev–Trinajstić information content (AvgIpc) is 1.53. The van der Waals surface area contributed by atoms with Crippen LogP contribution < -0.4 is 0 Å². The number of benzene rings is 17. The summed E-state index contributed by atoms with van der Waals surface area (Å²) in [5, 5.41) is 22.2. The second-order valence-electron chi connectivity index (χ2n) is 30.7. The Hall–Kier alpha value is -15.9. The minimum Gasteiger partial charge on any atom is -0.456 e. The minimum atomic E-state index is 0.876. The zero-order valence-corrected chi connectivity index (χ0v) is 61.5. The topological polar surface area (TPSA) is 130 Å². The molecule has 0 radical (unpaired) electrons. The maximum atomic E-state index is 6.46. The van der Waals surface area contributed by atoms with E-state index in [4.69, 9.17) is 43.2 Å². The van der Waals surface area contributed by atoms with Gasteiger partial charge in [0.2, 0.25) is 0 Å². The van der Waals surface area contributed by atoms with Crippen molar-refractivity contribution >= 4 is 236 Å². The molecule has 0 saturated heterocycles. The van der Waals surface area contributed by atoms with Crippen molar-refractivity contribution in [3.63, 3.8) is 0 Å². The monoisotopic (exact) mass is 1480 g/mol. The molecule has 116 heavy (non-hydrogen) atoms. The van der Waals surface area contributed by atoms with Gasteiger partial charge in [0.05, 0.1) is 66.2 Å². The molecular weight excluding hydrogens is 1420 g/mol. The maximum Gasteiger partial charge on any atom is 0.165 e. The van der Waals surface area contributed by atoms with Crippen LogP contribution in [0.1, 0.15) is 0 Å². The molecule has 534 valence electrons. The van der Waals surface area contributed by atoms with E-state index in [2.05, 4.69) is 244 Å². The van der Waals surface area contributed by atoms with Gasteiger partial charge in [-0.1, -0.05) is 218 Å². The van der Waals surface area contributed by atoms with E-state index in [9.17, 15) is 0 Å². The van der Waals surface area contributed by atoms with Gasteiger partial charge in [-0.25, -0.2) is 29.9 Å². The van der Waals surface area contributed by atoms with Gasteiger partial charge in [-0.15, -0.1) is 0 Å². The van der Waals surface area contributed by atoms with E-state index in [1.807, 2.05) is 103 Å². The lowest BCUT2D eigenvalue weighted by Gasteiger charge is -2.08. The van der Waals surface area contributed by atoms with Crippen molar-refractivity contribution in [2.45, 2.75) is 0 Å². The Morgan fingerprint density at radius 1 is 0.190 bits per heavy atom. The van der Waals surface area contributed by atoms with Crippen molar-refractivity contribution < 1.29 is 13.3 Å². The molecule has 12 heteroatoms. The van der Waals surface area contributed by atoms with Crippen molar-refractivity contribution in [3.05, 3.63) is 334 Å². The predicted molar refractivity (Wildman–Crippen MR) is 476 cm³/mol. The first kappa shape index (κ1) is 61.8. The van der Waals surface area contributed by atoms with E-state index >= 15 is 0 Å². The van der Waals surface area contributed by atoms with Gasteiger partial charge in [-0.3, -0.25) is 13.2 Å². The molecule has 17 aromatic carbocycles. The van der Waals surface area contributed by atoms with E-state index in [1.54, 1.807) is 0 Å². The molecule has 0 spiro atoms. The molecule has 0 fully saturated rings. The third-order valence-corrected chi connectivity index (χ3v) is 24.5. The number of furan rings is 3. The molecule has 12 heterocycles. The molecule has 0 amide bonds. The highest BCUT2D eigenvalue weighted by Crippen LogP contribution is 2.51. The standard InChI is InChI=1S/2C36H19N3O.C32H17N3O/c1-2-10-22-20(8-1)9-7-12-23(22)21-16-17-29-25(18-21)33-32-24-11-3-6-15-30(24)40-31(32)19-26-34-36(39(29)35(26)33)38-28-14-5-4-13-27(28)37-34;1-2-8-21-17-22(14-13-20(21)7-1)23-15-16-29-25(18-23)33-32-24-9-3-6-12-30(24)40-31(32)19-26-34-36(39(29)35(26)33)38-28-11-5-4-10-27(28)37-34;1-2-8-18(9-3-1)19-14-15-25-21(16-19)29-28-20-10-4-7-13-26(20)36-27(28)17-22-30-32(35(25)31(22)29)34-24-12-6-5-11-23(24)33-30/h2*1-19H;1-17H. The number of hydrogen-bond donors (Lipinski definition) is 0. The first-order valence-electron chi connectivity index (χ1n) is 39.1. The summed E-state index contributed by atoms with van der Waals surface area (Å²) in [7, 11) is 0. The van der Waals surface area contributed by atoms with Gasteiger partial charge in [0.1, 0.15) is 50.0 Å². The molecule has 29 rings (SSSR count). The van der Waals surface area contributed by atoms with Crippen molar-refractivity contribution in [3.8, 4) is 33.4 Å². The van der Waals surface area contributed by atoms with Gasteiger partial charge in [0, 0.05) is 80.8 Å². The second kappa shape index (κ2) is 22.9. The molecule has 0 aliphatic heterocycles. The second-order valence-corrected chi connectivity index (χ2v) is 30.7. The van der Waals surface area contributed by atoms with E-state index in [-0.39, 0.29) is 0 Å². The summed E-state index contributed by atoms with van der Waals surface area (Å²) < 4.78 is 26.2. The molecule has 0 saturated carbocycles. The highest BCUT2D eigenvalue weighted by atomic mass is 16.3. The van der Waals surface area contributed by atoms with Crippen LogP contribution in [0.5, 0.6) is 0 Å². The van der Waals surface area contributed by atoms with Crippen LogP contribution in [-0.4, -0.2) is 43.1 Å². The Kier molecular flexibility index (Phi) is 12.2. The summed E-state index contributed by atoms with van der Waals surface area (Å²) in [6.45, 7) is 0. The van der Waals surface area contributed by atoms with Crippen LogP contribution in [0.15, 0.2) is 347 Å². The van der Waals surface area contributed by atoms with Crippen molar-refractivity contribution in [1.29, 1.82) is 0 Å². The van der Waals surface area contributed by atoms with Crippen molar-refractivity contribution in [2.75, 3.05) is 0 Å². The summed E-state index contributed by atoms with van der Waals surface area (Å²) in [5.74, 6) is 0. The van der Waals surface area contributed by atoms with Crippen molar-refractivity contribution in [1.82, 2.24) is 43.1 Å². The predicted octanol–water partition coefficient (Wildman–Crippen LogP) is 27.3. The Bertz CT molecular complexity index is 9320. The number of fused-ring (bicyclic) bond motifs is 35. The van der Waals surface area contributed by atoms with Crippen LogP contribution >= 0.6 is 0 Å². The fourth-order valence-electron chi connectivity index (χ4n) is 19.5. The third kappa shape index (κ3) is 8.48. The lowest BCUT2D eigenvalue weighted by atomic mass is 9.96. The Morgan fingerprint density at radius 3 is 0.983 bits per heavy atom. The summed E-state index contributed by atoms with van der Waals surface area (Å²) in [6, 6.07) is 117. The van der Waals surface area contributed by atoms with Gasteiger partial charge >= 0.3 is 0 Å². The van der Waals surface area contributed by atoms with Crippen molar-refractivity contribution in [2.24, 2.45) is 0 Å². The van der Waals surface area contributed by atoms with Crippen LogP contribution in [-0.2, 0) is 0 Å². The Morgan fingerprint density at radius 2 is 0.526 bits per heavy atom. The van der Waals surface area contributed by atoms with Crippen LogP contribution in [0.25, 0.3) is 269 Å². The van der Waals surface area contributed by atoms with Gasteiger partial charge in [0.15, 0.2) is 16.9 Å². The van der Waals surface area contributed by atoms with E-state index in [0.717, 1.165) is 182 Å². The highest BCUT2D eigenvalue weighted by molar-refractivity contribution is 6.38. The fourth-order valence-corrected chi connectivity index (χ4v) is 19.5. The maximum absolute atomic E-state index is 6.46. The van der Waals surface area contributed by atoms with E-state index in [1.165, 1.54) is 87.2 Å². The molecule has 0 aliphatic carbocycles. The van der Waals surface area contributed by atoms with Crippen LogP contribution in [0.3, 0.4) is 0 Å². The van der Waals surface area contributed by atoms with Gasteiger partial charge in [0.25, 0.3) is 0 Å². The zero-order valence-electron chi connectivity index (χ0n) is 61.5. The lowest BCUT2D eigenvalue weighted by molar-refractivity contribution is 0.669. The molecule has 12 nitrogen and oxygen atoms in total. The first-order chi connectivity index (χ1) is 57.5.